The molecular formula is C7H13NO6. The molecule has 0 aliphatic carbocycles. The molecule has 1 aliphatic heterocycles. The van der Waals surface area contributed by atoms with Crippen LogP contribution in [0.25, 0.3) is 0 Å². The van der Waals surface area contributed by atoms with E-state index in [2.05, 4.69) is 0 Å². The van der Waals surface area contributed by atoms with E-state index in [1.165, 1.54) is 0 Å². The van der Waals surface area contributed by atoms with Gasteiger partial charge in [-0.3, -0.25) is 4.79 Å². The third-order valence-electron chi connectivity index (χ3n) is 2.22. The lowest BCUT2D eigenvalue weighted by Crippen LogP contribution is -2.48. The number of aliphatic hydroxyl groups excluding tert-OH is 3. The van der Waals surface area contributed by atoms with E-state index < -0.39 is 43.0 Å². The van der Waals surface area contributed by atoms with Crippen LogP contribution < -0.4 is 5.73 Å². The van der Waals surface area contributed by atoms with Gasteiger partial charge in [-0.15, -0.1) is 0 Å². The number of nitrogens with two attached hydrogens (primary N) is 1. The van der Waals surface area contributed by atoms with E-state index in [1.54, 1.807) is 0 Å². The lowest BCUT2D eigenvalue weighted by Gasteiger charge is -2.18. The average Bonchev–Trinajstić information content (AvgIpc) is 2.43. The molecule has 0 amide bonds. The molecule has 5 unspecified atom stereocenters. The van der Waals surface area contributed by atoms with Gasteiger partial charge < -0.3 is 30.9 Å². The topological polar surface area (TPSA) is 133 Å². The molecule has 0 saturated carbocycles. The zero-order chi connectivity index (χ0) is 10.9. The van der Waals surface area contributed by atoms with E-state index in [4.69, 9.17) is 20.7 Å². The lowest BCUT2D eigenvalue weighted by molar-refractivity contribution is -0.144. The molecule has 0 aromatic heterocycles. The Balaban J connectivity index is 2.69. The quantitative estimate of drug-likeness (QED) is 0.330. The molecule has 1 heterocycles. The molecule has 0 bridgehead atoms. The van der Waals surface area contributed by atoms with E-state index in [0.717, 1.165) is 0 Å². The summed E-state index contributed by atoms with van der Waals surface area (Å²) in [7, 11) is 0. The molecule has 0 spiro atoms. The fourth-order valence-electron chi connectivity index (χ4n) is 1.37. The molecule has 0 aromatic carbocycles. The number of hydrogen-bond acceptors (Lipinski definition) is 6. The van der Waals surface area contributed by atoms with Gasteiger partial charge in [-0.05, 0) is 0 Å². The van der Waals surface area contributed by atoms with Gasteiger partial charge in [0.15, 0.2) is 0 Å². The van der Waals surface area contributed by atoms with Gasteiger partial charge in [0.25, 0.3) is 0 Å². The highest BCUT2D eigenvalue weighted by Gasteiger charge is 2.46. The second-order valence-electron chi connectivity index (χ2n) is 3.17. The summed E-state index contributed by atoms with van der Waals surface area (Å²) in [6.07, 6.45) is -4.88. The molecule has 82 valence electrons. The van der Waals surface area contributed by atoms with E-state index >= 15 is 0 Å². The van der Waals surface area contributed by atoms with Gasteiger partial charge in [-0.1, -0.05) is 0 Å². The molecule has 7 heteroatoms. The Morgan fingerprint density at radius 2 is 2.00 bits per heavy atom. The molecule has 1 saturated heterocycles. The number of carboxylic acid groups (broad SMARTS) is 1. The van der Waals surface area contributed by atoms with Crippen molar-refractivity contribution in [1.29, 1.82) is 0 Å². The summed E-state index contributed by atoms with van der Waals surface area (Å²) >= 11 is 0. The van der Waals surface area contributed by atoms with Gasteiger partial charge in [0.1, 0.15) is 30.5 Å². The third-order valence-corrected chi connectivity index (χ3v) is 2.22. The first kappa shape index (κ1) is 11.3. The standard InChI is InChI=1S/C7H13NO6/c8-3(7(12)13)6-5(11)4(10)2(1-9)14-6/h2-6,9-11H,1,8H2,(H,12,13). The fraction of sp³-hybridized carbons (Fsp3) is 0.857. The molecule has 6 N–H and O–H groups in total. The highest BCUT2D eigenvalue weighted by Crippen LogP contribution is 2.22. The second-order valence-corrected chi connectivity index (χ2v) is 3.17. The van der Waals surface area contributed by atoms with Crippen molar-refractivity contribution in [3.05, 3.63) is 0 Å². The van der Waals surface area contributed by atoms with Crippen LogP contribution in [0.3, 0.4) is 0 Å². The Morgan fingerprint density at radius 3 is 2.36 bits per heavy atom. The first-order valence-corrected chi connectivity index (χ1v) is 4.10. The number of aliphatic hydroxyl groups is 3. The van der Waals surface area contributed by atoms with E-state index in [0.29, 0.717) is 0 Å². The van der Waals surface area contributed by atoms with Crippen molar-refractivity contribution in [3.63, 3.8) is 0 Å². The number of rotatable bonds is 3. The van der Waals surface area contributed by atoms with Crippen molar-refractivity contribution in [2.75, 3.05) is 6.61 Å². The molecule has 14 heavy (non-hydrogen) atoms. The van der Waals surface area contributed by atoms with Crippen molar-refractivity contribution in [2.24, 2.45) is 5.73 Å². The van der Waals surface area contributed by atoms with Gasteiger partial charge in [-0.2, -0.15) is 0 Å². The van der Waals surface area contributed by atoms with Crippen LogP contribution >= 0.6 is 0 Å². The van der Waals surface area contributed by atoms with E-state index in [1.807, 2.05) is 0 Å². The molecule has 1 rings (SSSR count). The first-order chi connectivity index (χ1) is 6.49. The van der Waals surface area contributed by atoms with Gasteiger partial charge in [0.05, 0.1) is 6.61 Å². The maximum Gasteiger partial charge on any atom is 0.323 e. The van der Waals surface area contributed by atoms with Crippen molar-refractivity contribution >= 4 is 5.97 Å². The van der Waals surface area contributed by atoms with Crippen molar-refractivity contribution < 1.29 is 30.0 Å². The smallest absolute Gasteiger partial charge is 0.323 e. The number of carboxylic acids is 1. The number of aliphatic carboxylic acids is 1. The summed E-state index contributed by atoms with van der Waals surface area (Å²) in [5.41, 5.74) is 5.21. The van der Waals surface area contributed by atoms with Crippen molar-refractivity contribution in [1.82, 2.24) is 0 Å². The minimum absolute atomic E-state index is 0.499. The second kappa shape index (κ2) is 4.20. The minimum Gasteiger partial charge on any atom is -0.480 e. The molecule has 1 fully saturated rings. The summed E-state index contributed by atoms with van der Waals surface area (Å²) < 4.78 is 4.90. The average molecular weight is 207 g/mol. The summed E-state index contributed by atoms with van der Waals surface area (Å²) in [6, 6.07) is -1.42. The predicted octanol–water partition coefficient (Wildman–Crippen LogP) is -3.12. The Morgan fingerprint density at radius 1 is 1.43 bits per heavy atom. The van der Waals surface area contributed by atoms with Crippen LogP contribution in [0.5, 0.6) is 0 Å². The molecule has 5 atom stereocenters. The molecular weight excluding hydrogens is 194 g/mol. The zero-order valence-electron chi connectivity index (χ0n) is 7.28. The highest BCUT2D eigenvalue weighted by molar-refractivity contribution is 5.74. The normalized spacial score (nSPS) is 39.7. The van der Waals surface area contributed by atoms with E-state index in [9.17, 15) is 15.0 Å². The monoisotopic (exact) mass is 207 g/mol. The van der Waals surface area contributed by atoms with Gasteiger partial charge in [-0.25, -0.2) is 0 Å². The minimum atomic E-state index is -1.42. The van der Waals surface area contributed by atoms with Crippen LogP contribution in [-0.2, 0) is 9.53 Å². The molecule has 0 radical (unpaired) electrons. The maximum absolute atomic E-state index is 10.5. The van der Waals surface area contributed by atoms with Crippen LogP contribution in [0.15, 0.2) is 0 Å². The molecule has 1 aliphatic rings. The highest BCUT2D eigenvalue weighted by atomic mass is 16.6. The fourth-order valence-corrected chi connectivity index (χ4v) is 1.37. The Kier molecular flexibility index (Phi) is 3.40. The lowest BCUT2D eigenvalue weighted by atomic mass is 10.0. The number of ether oxygens (including phenoxy) is 1. The van der Waals surface area contributed by atoms with Crippen molar-refractivity contribution in [3.8, 4) is 0 Å². The Hall–Kier alpha value is -0.730. The van der Waals surface area contributed by atoms with Gasteiger partial charge in [0, 0.05) is 0 Å². The maximum atomic E-state index is 10.5. The van der Waals surface area contributed by atoms with Crippen LogP contribution in [0.1, 0.15) is 0 Å². The van der Waals surface area contributed by atoms with Crippen LogP contribution in [0, 0.1) is 0 Å². The number of carbonyl (C=O) groups is 1. The molecule has 7 nitrogen and oxygen atoms in total. The van der Waals surface area contributed by atoms with Crippen LogP contribution in [0.4, 0.5) is 0 Å². The predicted molar refractivity (Wildman–Crippen MR) is 43.4 cm³/mol. The summed E-state index contributed by atoms with van der Waals surface area (Å²) in [5, 5.41) is 35.9. The third kappa shape index (κ3) is 1.86. The van der Waals surface area contributed by atoms with Crippen molar-refractivity contribution in [2.45, 2.75) is 30.5 Å². The van der Waals surface area contributed by atoms with Gasteiger partial charge >= 0.3 is 5.97 Å². The first-order valence-electron chi connectivity index (χ1n) is 4.10. The van der Waals surface area contributed by atoms with Crippen LogP contribution in [0.2, 0.25) is 0 Å². The largest absolute Gasteiger partial charge is 0.480 e. The van der Waals surface area contributed by atoms with Crippen LogP contribution in [-0.4, -0.2) is 63.5 Å². The van der Waals surface area contributed by atoms with Gasteiger partial charge in [0.2, 0.25) is 0 Å². The molecule has 0 aromatic rings. The summed E-state index contributed by atoms with van der Waals surface area (Å²) in [5.74, 6) is -1.33. The Labute approximate surface area is 79.7 Å². The SMILES string of the molecule is NC(C(=O)O)C1OC(CO)C(O)C1O. The zero-order valence-corrected chi connectivity index (χ0v) is 7.28. The number of hydrogen-bond donors (Lipinski definition) is 5. The Bertz CT molecular complexity index is 222. The summed E-state index contributed by atoms with van der Waals surface area (Å²) in [6.45, 7) is -0.499. The summed E-state index contributed by atoms with van der Waals surface area (Å²) in [4.78, 5) is 10.5. The van der Waals surface area contributed by atoms with E-state index in [-0.39, 0.29) is 0 Å².